The number of nitrogens with zero attached hydrogens (tertiary/aromatic N) is 1. The minimum atomic E-state index is -0.823. The fourth-order valence-electron chi connectivity index (χ4n) is 3.28. The summed E-state index contributed by atoms with van der Waals surface area (Å²) in [5.74, 6) is 0.413. The largest absolute Gasteiger partial charge is 0.493 e. The van der Waals surface area contributed by atoms with Gasteiger partial charge in [-0.25, -0.2) is 4.79 Å². The summed E-state index contributed by atoms with van der Waals surface area (Å²) in [6.07, 6.45) is 0.613. The molecule has 6 nitrogen and oxygen atoms in total. The highest BCUT2D eigenvalue weighted by Crippen LogP contribution is 2.39. The molecule has 1 heterocycles. The van der Waals surface area contributed by atoms with E-state index in [4.69, 9.17) is 14.2 Å². The molecule has 0 spiro atoms. The van der Waals surface area contributed by atoms with Gasteiger partial charge in [0.2, 0.25) is 0 Å². The second-order valence-corrected chi connectivity index (χ2v) is 5.95. The molecule has 1 atom stereocenters. The number of hydrogen-bond acceptors (Lipinski definition) is 5. The molecule has 0 unspecified atom stereocenters. The quantitative estimate of drug-likeness (QED) is 0.789. The molecule has 0 aromatic heterocycles. The first-order valence-electron chi connectivity index (χ1n) is 8.29. The van der Waals surface area contributed by atoms with Crippen molar-refractivity contribution in [1.82, 2.24) is 4.90 Å². The summed E-state index contributed by atoms with van der Waals surface area (Å²) in [6, 6.07) is 11.7. The molecule has 0 aliphatic carbocycles. The van der Waals surface area contributed by atoms with Gasteiger partial charge in [0.25, 0.3) is 5.91 Å². The normalized spacial score (nSPS) is 15.8. The van der Waals surface area contributed by atoms with Gasteiger partial charge in [-0.3, -0.25) is 4.79 Å². The Balaban J connectivity index is 2.07. The van der Waals surface area contributed by atoms with Gasteiger partial charge >= 0.3 is 5.97 Å². The molecule has 26 heavy (non-hydrogen) atoms. The van der Waals surface area contributed by atoms with Crippen molar-refractivity contribution in [3.8, 4) is 11.5 Å². The van der Waals surface area contributed by atoms with Gasteiger partial charge in [-0.05, 0) is 41.8 Å². The Bertz CT molecular complexity index is 818. The van der Waals surface area contributed by atoms with E-state index in [2.05, 4.69) is 0 Å². The smallest absolute Gasteiger partial charge is 0.333 e. The lowest BCUT2D eigenvalue weighted by atomic mass is 9.91. The van der Waals surface area contributed by atoms with E-state index in [1.165, 1.54) is 14.2 Å². The van der Waals surface area contributed by atoms with Crippen molar-refractivity contribution in [1.29, 1.82) is 0 Å². The van der Waals surface area contributed by atoms with Crippen molar-refractivity contribution in [3.63, 3.8) is 0 Å². The maximum atomic E-state index is 13.0. The zero-order valence-electron chi connectivity index (χ0n) is 15.0. The summed E-state index contributed by atoms with van der Waals surface area (Å²) in [5.41, 5.74) is 2.17. The summed E-state index contributed by atoms with van der Waals surface area (Å²) in [7, 11) is 4.42. The Hall–Kier alpha value is -3.02. The summed E-state index contributed by atoms with van der Waals surface area (Å²) in [5, 5.41) is 0. The first-order valence-corrected chi connectivity index (χ1v) is 8.29. The molecule has 0 N–H and O–H groups in total. The lowest BCUT2D eigenvalue weighted by molar-refractivity contribution is -0.146. The summed E-state index contributed by atoms with van der Waals surface area (Å²) in [6.45, 7) is 0.413. The van der Waals surface area contributed by atoms with Gasteiger partial charge in [-0.2, -0.15) is 0 Å². The van der Waals surface area contributed by atoms with E-state index >= 15 is 0 Å². The SMILES string of the molecule is COC(=O)[C@H]1c2cc(OC)c(OC)cc2CCN1C(=O)c1ccccc1. The molecular weight excluding hydrogens is 334 g/mol. The second kappa shape index (κ2) is 7.47. The number of carbonyl (C=O) groups excluding carboxylic acids is 2. The molecule has 0 bridgehead atoms. The van der Waals surface area contributed by atoms with E-state index in [9.17, 15) is 9.59 Å². The highest BCUT2D eigenvalue weighted by atomic mass is 16.5. The number of fused-ring (bicyclic) bond motifs is 1. The van der Waals surface area contributed by atoms with Crippen LogP contribution < -0.4 is 9.47 Å². The lowest BCUT2D eigenvalue weighted by Gasteiger charge is -2.36. The zero-order valence-corrected chi connectivity index (χ0v) is 15.0. The van der Waals surface area contributed by atoms with Gasteiger partial charge in [0, 0.05) is 12.1 Å². The minimum Gasteiger partial charge on any atom is -0.493 e. The molecule has 0 saturated carbocycles. The molecule has 0 fully saturated rings. The third-order valence-corrected chi connectivity index (χ3v) is 4.58. The van der Waals surface area contributed by atoms with Gasteiger partial charge in [-0.1, -0.05) is 18.2 Å². The molecule has 136 valence electrons. The number of ether oxygens (including phenoxy) is 3. The number of rotatable bonds is 4. The van der Waals surface area contributed by atoms with Gasteiger partial charge in [0.05, 0.1) is 21.3 Å². The topological polar surface area (TPSA) is 65.1 Å². The average molecular weight is 355 g/mol. The van der Waals surface area contributed by atoms with Crippen LogP contribution in [-0.4, -0.2) is 44.7 Å². The number of carbonyl (C=O) groups is 2. The van der Waals surface area contributed by atoms with Crippen LogP contribution in [0.3, 0.4) is 0 Å². The molecule has 6 heteroatoms. The number of hydrogen-bond donors (Lipinski definition) is 0. The van der Waals surface area contributed by atoms with Crippen molar-refractivity contribution >= 4 is 11.9 Å². The molecular formula is C20H21NO5. The Morgan fingerprint density at radius 2 is 1.65 bits per heavy atom. The van der Waals surface area contributed by atoms with Gasteiger partial charge in [0.15, 0.2) is 17.5 Å². The fourth-order valence-corrected chi connectivity index (χ4v) is 3.28. The van der Waals surface area contributed by atoms with Crippen molar-refractivity contribution in [2.24, 2.45) is 0 Å². The van der Waals surface area contributed by atoms with E-state index < -0.39 is 12.0 Å². The maximum Gasteiger partial charge on any atom is 0.333 e. The molecule has 1 amide bonds. The van der Waals surface area contributed by atoms with E-state index in [1.807, 2.05) is 12.1 Å². The lowest BCUT2D eigenvalue weighted by Crippen LogP contribution is -2.44. The molecule has 0 saturated heterocycles. The predicted octanol–water partition coefficient (Wildman–Crippen LogP) is 2.62. The Kier molecular flexibility index (Phi) is 5.11. The van der Waals surface area contributed by atoms with E-state index in [1.54, 1.807) is 42.3 Å². The van der Waals surface area contributed by atoms with Crippen molar-refractivity contribution in [2.45, 2.75) is 12.5 Å². The summed E-state index contributed by atoms with van der Waals surface area (Å²) >= 11 is 0. The Morgan fingerprint density at radius 1 is 1.00 bits per heavy atom. The molecule has 2 aromatic carbocycles. The van der Waals surface area contributed by atoms with Crippen LogP contribution in [-0.2, 0) is 16.0 Å². The molecule has 1 aliphatic rings. The van der Waals surface area contributed by atoms with E-state index in [-0.39, 0.29) is 5.91 Å². The highest BCUT2D eigenvalue weighted by molar-refractivity contribution is 5.97. The van der Waals surface area contributed by atoms with Crippen LogP contribution in [0.5, 0.6) is 11.5 Å². The molecule has 3 rings (SSSR count). The van der Waals surface area contributed by atoms with Crippen LogP contribution in [0, 0.1) is 0 Å². The third-order valence-electron chi connectivity index (χ3n) is 4.58. The molecule has 2 aromatic rings. The monoisotopic (exact) mass is 355 g/mol. The predicted molar refractivity (Wildman–Crippen MR) is 95.5 cm³/mol. The van der Waals surface area contributed by atoms with Gasteiger partial charge in [0.1, 0.15) is 0 Å². The van der Waals surface area contributed by atoms with Crippen LogP contribution in [0.25, 0.3) is 0 Å². The standard InChI is InChI=1S/C20H21NO5/c1-24-16-11-14-9-10-21(19(22)13-7-5-4-6-8-13)18(20(23)26-3)15(14)12-17(16)25-2/h4-8,11-12,18H,9-10H2,1-3H3/t18-/m1/s1. The van der Waals surface area contributed by atoms with E-state index in [0.29, 0.717) is 35.6 Å². The van der Waals surface area contributed by atoms with Crippen LogP contribution in [0.1, 0.15) is 27.5 Å². The molecule has 1 aliphatic heterocycles. The second-order valence-electron chi connectivity index (χ2n) is 5.95. The van der Waals surface area contributed by atoms with Crippen LogP contribution in [0.4, 0.5) is 0 Å². The van der Waals surface area contributed by atoms with Crippen molar-refractivity contribution in [2.75, 3.05) is 27.9 Å². The van der Waals surface area contributed by atoms with Crippen molar-refractivity contribution < 1.29 is 23.8 Å². The van der Waals surface area contributed by atoms with Crippen LogP contribution in [0.15, 0.2) is 42.5 Å². The summed E-state index contributed by atoms with van der Waals surface area (Å²) < 4.78 is 15.7. The maximum absolute atomic E-state index is 13.0. The third kappa shape index (κ3) is 3.10. The van der Waals surface area contributed by atoms with Crippen LogP contribution >= 0.6 is 0 Å². The average Bonchev–Trinajstić information content (AvgIpc) is 2.71. The minimum absolute atomic E-state index is 0.207. The number of benzene rings is 2. The van der Waals surface area contributed by atoms with Gasteiger partial charge < -0.3 is 19.1 Å². The Labute approximate surface area is 152 Å². The van der Waals surface area contributed by atoms with Crippen molar-refractivity contribution in [3.05, 3.63) is 59.2 Å². The van der Waals surface area contributed by atoms with Crippen LogP contribution in [0.2, 0.25) is 0 Å². The summed E-state index contributed by atoms with van der Waals surface area (Å²) in [4.78, 5) is 27.1. The fraction of sp³-hybridized carbons (Fsp3) is 0.300. The Morgan fingerprint density at radius 3 is 2.27 bits per heavy atom. The first kappa shape index (κ1) is 17.8. The number of esters is 1. The molecule has 0 radical (unpaired) electrons. The number of methoxy groups -OCH3 is 3. The van der Waals surface area contributed by atoms with E-state index in [0.717, 1.165) is 5.56 Å². The first-order chi connectivity index (χ1) is 12.6. The zero-order chi connectivity index (χ0) is 18.7. The highest BCUT2D eigenvalue weighted by Gasteiger charge is 2.38. The number of amides is 1. The van der Waals surface area contributed by atoms with Gasteiger partial charge in [-0.15, -0.1) is 0 Å².